The first kappa shape index (κ1) is 13.4. The van der Waals surface area contributed by atoms with Crippen LogP contribution in [0, 0.1) is 0 Å². The van der Waals surface area contributed by atoms with Crippen LogP contribution in [0.1, 0.15) is 24.0 Å². The Morgan fingerprint density at radius 2 is 2.22 bits per heavy atom. The van der Waals surface area contributed by atoms with Crippen molar-refractivity contribution >= 4 is 17.3 Å². The predicted molar refractivity (Wildman–Crippen MR) is 60.4 cm³/mol. The summed E-state index contributed by atoms with van der Waals surface area (Å²) in [5, 5.41) is 11.5. The molecular weight excluding hydrogens is 267 g/mol. The Morgan fingerprint density at radius 3 is 2.83 bits per heavy atom. The standard InChI is InChI=1S/C11H12F3NO2S/c12-11(13,14)8-6-18-5-7(8)4-15-3-1-2-9(15)10(16)17/h5-6,9H,1-4H2,(H,16,17)/t9-/m1/s1. The summed E-state index contributed by atoms with van der Waals surface area (Å²) in [4.78, 5) is 12.6. The van der Waals surface area contributed by atoms with Gasteiger partial charge in [-0.05, 0) is 30.3 Å². The van der Waals surface area contributed by atoms with Crippen LogP contribution in [0.2, 0.25) is 0 Å². The topological polar surface area (TPSA) is 40.5 Å². The van der Waals surface area contributed by atoms with Crippen molar-refractivity contribution in [3.8, 4) is 0 Å². The molecule has 0 radical (unpaired) electrons. The number of halogens is 3. The molecule has 1 saturated heterocycles. The Labute approximate surface area is 106 Å². The lowest BCUT2D eigenvalue weighted by Gasteiger charge is -2.21. The predicted octanol–water partition coefficient (Wildman–Crippen LogP) is 2.82. The number of alkyl halides is 3. The van der Waals surface area contributed by atoms with Gasteiger partial charge in [-0.1, -0.05) is 0 Å². The molecule has 0 aromatic carbocycles. The molecule has 2 heterocycles. The zero-order valence-corrected chi connectivity index (χ0v) is 10.2. The number of rotatable bonds is 3. The number of hydrogen-bond acceptors (Lipinski definition) is 3. The van der Waals surface area contributed by atoms with E-state index in [1.165, 1.54) is 5.38 Å². The Kier molecular flexibility index (Phi) is 3.63. The second-order valence-corrected chi connectivity index (χ2v) is 5.02. The van der Waals surface area contributed by atoms with E-state index in [1.54, 1.807) is 4.90 Å². The lowest BCUT2D eigenvalue weighted by Crippen LogP contribution is -2.35. The number of likely N-dealkylation sites (tertiary alicyclic amines) is 1. The molecule has 18 heavy (non-hydrogen) atoms. The van der Waals surface area contributed by atoms with Crippen LogP contribution in [-0.2, 0) is 17.5 Å². The average Bonchev–Trinajstić information content (AvgIpc) is 2.85. The SMILES string of the molecule is O=C(O)[C@H]1CCCN1Cc1cscc1C(F)(F)F. The smallest absolute Gasteiger partial charge is 0.417 e. The van der Waals surface area contributed by atoms with Gasteiger partial charge in [0.1, 0.15) is 6.04 Å². The van der Waals surface area contributed by atoms with Gasteiger partial charge in [-0.25, -0.2) is 0 Å². The van der Waals surface area contributed by atoms with Crippen molar-refractivity contribution < 1.29 is 23.1 Å². The summed E-state index contributed by atoms with van der Waals surface area (Å²) >= 11 is 0.992. The molecule has 1 aromatic rings. The molecule has 2 rings (SSSR count). The Morgan fingerprint density at radius 1 is 1.50 bits per heavy atom. The number of carboxylic acids is 1. The van der Waals surface area contributed by atoms with Gasteiger partial charge in [0, 0.05) is 11.9 Å². The maximum Gasteiger partial charge on any atom is 0.417 e. The monoisotopic (exact) mass is 279 g/mol. The van der Waals surface area contributed by atoms with Gasteiger partial charge in [0.25, 0.3) is 0 Å². The van der Waals surface area contributed by atoms with E-state index in [1.807, 2.05) is 0 Å². The highest BCUT2D eigenvalue weighted by Crippen LogP contribution is 2.35. The normalized spacial score (nSPS) is 21.4. The van der Waals surface area contributed by atoms with E-state index in [4.69, 9.17) is 5.11 Å². The number of aliphatic carboxylic acids is 1. The van der Waals surface area contributed by atoms with Crippen molar-refractivity contribution in [3.05, 3.63) is 21.9 Å². The van der Waals surface area contributed by atoms with E-state index in [0.717, 1.165) is 16.7 Å². The highest BCUT2D eigenvalue weighted by atomic mass is 32.1. The number of hydrogen-bond donors (Lipinski definition) is 1. The molecule has 1 aliphatic rings. The zero-order chi connectivity index (χ0) is 13.3. The Balaban J connectivity index is 2.15. The minimum atomic E-state index is -4.37. The second kappa shape index (κ2) is 4.89. The maximum absolute atomic E-state index is 12.7. The fraction of sp³-hybridized carbons (Fsp3) is 0.545. The molecule has 0 saturated carbocycles. The number of carboxylic acid groups (broad SMARTS) is 1. The third-order valence-corrected chi connectivity index (χ3v) is 3.86. The molecule has 0 bridgehead atoms. The molecule has 0 spiro atoms. The van der Waals surface area contributed by atoms with Gasteiger partial charge in [-0.2, -0.15) is 24.5 Å². The summed E-state index contributed by atoms with van der Waals surface area (Å²) in [5.41, 5.74) is -0.482. The number of thiophene rings is 1. The van der Waals surface area contributed by atoms with E-state index < -0.39 is 23.8 Å². The van der Waals surface area contributed by atoms with Crippen molar-refractivity contribution in [1.82, 2.24) is 4.90 Å². The van der Waals surface area contributed by atoms with Crippen LogP contribution < -0.4 is 0 Å². The van der Waals surface area contributed by atoms with Gasteiger partial charge >= 0.3 is 12.1 Å². The van der Waals surface area contributed by atoms with E-state index in [-0.39, 0.29) is 12.1 Å². The largest absolute Gasteiger partial charge is 0.480 e. The molecule has 100 valence electrons. The Hall–Kier alpha value is -1.08. The molecule has 1 aromatic heterocycles. The van der Waals surface area contributed by atoms with Crippen molar-refractivity contribution in [2.75, 3.05) is 6.54 Å². The molecular formula is C11H12F3NO2S. The average molecular weight is 279 g/mol. The number of nitrogens with zero attached hydrogens (tertiary/aromatic N) is 1. The summed E-state index contributed by atoms with van der Waals surface area (Å²) < 4.78 is 38.0. The first-order valence-corrected chi connectivity index (χ1v) is 6.43. The fourth-order valence-electron chi connectivity index (χ4n) is 2.21. The van der Waals surface area contributed by atoms with Gasteiger partial charge in [0.05, 0.1) is 5.56 Å². The lowest BCUT2D eigenvalue weighted by atomic mass is 10.1. The van der Waals surface area contributed by atoms with E-state index >= 15 is 0 Å². The first-order chi connectivity index (χ1) is 8.39. The van der Waals surface area contributed by atoms with Crippen LogP contribution >= 0.6 is 11.3 Å². The van der Waals surface area contributed by atoms with Crippen LogP contribution in [0.25, 0.3) is 0 Å². The number of carbonyl (C=O) groups is 1. The van der Waals surface area contributed by atoms with E-state index in [9.17, 15) is 18.0 Å². The van der Waals surface area contributed by atoms with Gasteiger partial charge in [-0.15, -0.1) is 0 Å². The van der Waals surface area contributed by atoms with Gasteiger partial charge in [-0.3, -0.25) is 9.69 Å². The van der Waals surface area contributed by atoms with Crippen LogP contribution in [0.3, 0.4) is 0 Å². The second-order valence-electron chi connectivity index (χ2n) is 4.28. The molecule has 3 nitrogen and oxygen atoms in total. The molecule has 0 aliphatic carbocycles. The van der Waals surface area contributed by atoms with Gasteiger partial charge in [0.15, 0.2) is 0 Å². The quantitative estimate of drug-likeness (QED) is 0.925. The minimum absolute atomic E-state index is 0.0509. The molecule has 1 fully saturated rings. The Bertz CT molecular complexity index is 444. The molecule has 1 aliphatic heterocycles. The van der Waals surface area contributed by atoms with Gasteiger partial charge < -0.3 is 5.11 Å². The summed E-state index contributed by atoms with van der Waals surface area (Å²) in [6.45, 7) is 0.583. The van der Waals surface area contributed by atoms with Crippen molar-refractivity contribution in [2.45, 2.75) is 31.6 Å². The highest BCUT2D eigenvalue weighted by Gasteiger charge is 2.36. The highest BCUT2D eigenvalue weighted by molar-refractivity contribution is 7.08. The molecule has 1 atom stereocenters. The van der Waals surface area contributed by atoms with Gasteiger partial charge in [0.2, 0.25) is 0 Å². The van der Waals surface area contributed by atoms with Crippen LogP contribution in [0.4, 0.5) is 13.2 Å². The first-order valence-electron chi connectivity index (χ1n) is 5.48. The minimum Gasteiger partial charge on any atom is -0.480 e. The van der Waals surface area contributed by atoms with Crippen molar-refractivity contribution in [2.24, 2.45) is 0 Å². The van der Waals surface area contributed by atoms with Crippen molar-refractivity contribution in [1.29, 1.82) is 0 Å². The van der Waals surface area contributed by atoms with Crippen LogP contribution in [0.15, 0.2) is 10.8 Å². The van der Waals surface area contributed by atoms with Crippen LogP contribution in [-0.4, -0.2) is 28.6 Å². The van der Waals surface area contributed by atoms with Crippen LogP contribution in [0.5, 0.6) is 0 Å². The summed E-state index contributed by atoms with van der Waals surface area (Å²) in [7, 11) is 0. The lowest BCUT2D eigenvalue weighted by molar-refractivity contribution is -0.142. The molecule has 0 amide bonds. The fourth-order valence-corrected chi connectivity index (χ4v) is 3.06. The van der Waals surface area contributed by atoms with E-state index in [2.05, 4.69) is 0 Å². The molecule has 7 heteroatoms. The maximum atomic E-state index is 12.7. The third-order valence-electron chi connectivity index (χ3n) is 3.07. The summed E-state index contributed by atoms with van der Waals surface area (Å²) in [6.07, 6.45) is -3.16. The van der Waals surface area contributed by atoms with E-state index in [0.29, 0.717) is 19.4 Å². The third kappa shape index (κ3) is 2.67. The summed E-state index contributed by atoms with van der Waals surface area (Å²) in [6, 6.07) is -0.661. The zero-order valence-electron chi connectivity index (χ0n) is 9.41. The summed E-state index contributed by atoms with van der Waals surface area (Å²) in [5.74, 6) is -0.962. The molecule has 0 unspecified atom stereocenters. The molecule has 1 N–H and O–H groups in total. The van der Waals surface area contributed by atoms with Crippen molar-refractivity contribution in [3.63, 3.8) is 0 Å².